The molecule has 16 heavy (non-hydrogen) atoms. The molecule has 4 N–H and O–H groups in total. The third-order valence-electron chi connectivity index (χ3n) is 2.25. The van der Waals surface area contributed by atoms with Crippen molar-refractivity contribution in [1.82, 2.24) is 0 Å². The zero-order chi connectivity index (χ0) is 12.0. The number of rotatable bonds is 5. The van der Waals surface area contributed by atoms with Gasteiger partial charge in [0.1, 0.15) is 6.04 Å². The molecule has 0 spiro atoms. The molecular weight excluding hydrogens is 208 g/mol. The van der Waals surface area contributed by atoms with Crippen molar-refractivity contribution in [3.05, 3.63) is 35.9 Å². The van der Waals surface area contributed by atoms with Gasteiger partial charge in [-0.05, 0) is 12.5 Å². The van der Waals surface area contributed by atoms with Crippen molar-refractivity contribution in [3.8, 4) is 0 Å². The maximum absolute atomic E-state index is 11.0. The Morgan fingerprint density at radius 2 is 2.00 bits per heavy atom. The Labute approximate surface area is 94.3 Å². The summed E-state index contributed by atoms with van der Waals surface area (Å²) in [6.45, 7) is 2.10. The molecule has 0 aliphatic carbocycles. The van der Waals surface area contributed by atoms with Gasteiger partial charge in [0.05, 0.1) is 12.7 Å². The number of ether oxygens (including phenoxy) is 1. The minimum atomic E-state index is -0.867. The molecule has 1 aromatic rings. The predicted octanol–water partition coefficient (Wildman–Crippen LogP) is 0.336. The third-order valence-corrected chi connectivity index (χ3v) is 2.25. The van der Waals surface area contributed by atoms with Crippen LogP contribution in [0.1, 0.15) is 12.5 Å². The monoisotopic (exact) mass is 224 g/mol. The van der Waals surface area contributed by atoms with Crippen molar-refractivity contribution in [2.24, 2.45) is 11.6 Å². The second-order valence-corrected chi connectivity index (χ2v) is 3.46. The Morgan fingerprint density at radius 3 is 2.56 bits per heavy atom. The first-order chi connectivity index (χ1) is 7.65. The highest BCUT2D eigenvalue weighted by Gasteiger charge is 2.22. The summed E-state index contributed by atoms with van der Waals surface area (Å²) in [5.74, 6) is 4.05. The summed E-state index contributed by atoms with van der Waals surface area (Å²) >= 11 is 0. The van der Waals surface area contributed by atoms with Gasteiger partial charge in [0, 0.05) is 0 Å². The minimum Gasteiger partial charge on any atom is -0.372 e. The Balaban J connectivity index is 2.41. The molecule has 0 bridgehead atoms. The van der Waals surface area contributed by atoms with Crippen LogP contribution in [0.3, 0.4) is 0 Å². The average Bonchev–Trinajstić information content (AvgIpc) is 2.35. The van der Waals surface area contributed by atoms with Gasteiger partial charge in [-0.2, -0.15) is 5.90 Å². The zero-order valence-electron chi connectivity index (χ0n) is 9.13. The molecule has 0 aromatic heterocycles. The molecule has 2 atom stereocenters. The highest BCUT2D eigenvalue weighted by atomic mass is 16.7. The fourth-order valence-corrected chi connectivity index (χ4v) is 1.18. The van der Waals surface area contributed by atoms with E-state index in [9.17, 15) is 4.79 Å². The van der Waals surface area contributed by atoms with Gasteiger partial charge in [-0.25, -0.2) is 4.79 Å². The lowest BCUT2D eigenvalue weighted by Gasteiger charge is -2.17. The molecule has 0 unspecified atom stereocenters. The number of carbonyl (C=O) groups excluding carboxylic acids is 1. The fourth-order valence-electron chi connectivity index (χ4n) is 1.18. The maximum atomic E-state index is 11.0. The Morgan fingerprint density at radius 1 is 1.38 bits per heavy atom. The second-order valence-electron chi connectivity index (χ2n) is 3.46. The van der Waals surface area contributed by atoms with Crippen molar-refractivity contribution >= 4 is 5.97 Å². The minimum absolute atomic E-state index is 0.396. The number of benzene rings is 1. The molecule has 0 fully saturated rings. The van der Waals surface area contributed by atoms with E-state index in [-0.39, 0.29) is 0 Å². The lowest BCUT2D eigenvalue weighted by Crippen LogP contribution is -2.43. The third kappa shape index (κ3) is 3.62. The van der Waals surface area contributed by atoms with Gasteiger partial charge in [0.25, 0.3) is 0 Å². The van der Waals surface area contributed by atoms with Crippen LogP contribution >= 0.6 is 0 Å². The lowest BCUT2D eigenvalue weighted by molar-refractivity contribution is -0.149. The quantitative estimate of drug-likeness (QED) is 0.704. The van der Waals surface area contributed by atoms with Gasteiger partial charge >= 0.3 is 5.97 Å². The van der Waals surface area contributed by atoms with Gasteiger partial charge < -0.3 is 15.3 Å². The highest BCUT2D eigenvalue weighted by Crippen LogP contribution is 2.05. The van der Waals surface area contributed by atoms with Crippen molar-refractivity contribution in [1.29, 1.82) is 0 Å². The highest BCUT2D eigenvalue weighted by molar-refractivity contribution is 5.75. The fraction of sp³-hybridized carbons (Fsp3) is 0.364. The predicted molar refractivity (Wildman–Crippen MR) is 58.9 cm³/mol. The summed E-state index contributed by atoms with van der Waals surface area (Å²) in [5.41, 5.74) is 6.57. The van der Waals surface area contributed by atoms with E-state index in [1.807, 2.05) is 30.3 Å². The van der Waals surface area contributed by atoms with E-state index in [4.69, 9.17) is 16.4 Å². The van der Waals surface area contributed by atoms with Gasteiger partial charge in [-0.15, -0.1) is 0 Å². The van der Waals surface area contributed by atoms with E-state index in [1.165, 1.54) is 0 Å². The van der Waals surface area contributed by atoms with E-state index in [2.05, 4.69) is 4.84 Å². The molecule has 0 saturated carbocycles. The molecule has 0 aliphatic rings. The smallest absolute Gasteiger partial charge is 0.344 e. The van der Waals surface area contributed by atoms with E-state index in [0.29, 0.717) is 6.61 Å². The molecule has 0 aliphatic heterocycles. The molecule has 0 radical (unpaired) electrons. The molecular formula is C11H16N2O3. The normalized spacial score (nSPS) is 14.2. The number of hydrogen-bond acceptors (Lipinski definition) is 5. The first-order valence-corrected chi connectivity index (χ1v) is 4.97. The van der Waals surface area contributed by atoms with Gasteiger partial charge in [-0.1, -0.05) is 30.3 Å². The van der Waals surface area contributed by atoms with Crippen LogP contribution in [-0.4, -0.2) is 18.1 Å². The lowest BCUT2D eigenvalue weighted by atomic mass is 10.2. The topological polar surface area (TPSA) is 87.6 Å². The molecule has 5 heteroatoms. The summed E-state index contributed by atoms with van der Waals surface area (Å²) in [4.78, 5) is 15.1. The molecule has 1 rings (SSSR count). The molecule has 1 aromatic carbocycles. The van der Waals surface area contributed by atoms with E-state index in [1.54, 1.807) is 6.92 Å². The van der Waals surface area contributed by atoms with Crippen LogP contribution in [0.15, 0.2) is 30.3 Å². The Kier molecular flexibility index (Phi) is 4.91. The van der Waals surface area contributed by atoms with E-state index in [0.717, 1.165) is 5.56 Å². The van der Waals surface area contributed by atoms with Crippen LogP contribution in [-0.2, 0) is 21.0 Å². The van der Waals surface area contributed by atoms with E-state index >= 15 is 0 Å². The van der Waals surface area contributed by atoms with Gasteiger partial charge in [0.15, 0.2) is 0 Å². The largest absolute Gasteiger partial charge is 0.372 e. The SMILES string of the molecule is C[C@@H](OCc1ccccc1)[C@H](N)C(=O)ON. The van der Waals surface area contributed by atoms with Crippen LogP contribution in [0.5, 0.6) is 0 Å². The van der Waals surface area contributed by atoms with E-state index < -0.39 is 18.1 Å². The summed E-state index contributed by atoms with van der Waals surface area (Å²) in [5, 5.41) is 0. The molecule has 0 saturated heterocycles. The van der Waals surface area contributed by atoms with Gasteiger partial charge in [-0.3, -0.25) is 0 Å². The summed E-state index contributed by atoms with van der Waals surface area (Å²) in [7, 11) is 0. The molecule has 88 valence electrons. The molecule has 0 heterocycles. The Bertz CT molecular complexity index is 329. The van der Waals surface area contributed by atoms with Crippen molar-refractivity contribution in [2.75, 3.05) is 0 Å². The van der Waals surface area contributed by atoms with Crippen LogP contribution in [0.25, 0.3) is 0 Å². The van der Waals surface area contributed by atoms with Crippen molar-refractivity contribution < 1.29 is 14.4 Å². The first-order valence-electron chi connectivity index (χ1n) is 4.97. The molecule has 5 nitrogen and oxygen atoms in total. The van der Waals surface area contributed by atoms with Crippen LogP contribution < -0.4 is 11.6 Å². The van der Waals surface area contributed by atoms with Gasteiger partial charge in [0.2, 0.25) is 0 Å². The van der Waals surface area contributed by atoms with Crippen molar-refractivity contribution in [3.63, 3.8) is 0 Å². The summed E-state index contributed by atoms with van der Waals surface area (Å²) in [6, 6.07) is 8.74. The maximum Gasteiger partial charge on any atom is 0.344 e. The van der Waals surface area contributed by atoms with Crippen LogP contribution in [0.2, 0.25) is 0 Å². The second kappa shape index (κ2) is 6.22. The standard InChI is InChI=1S/C11H16N2O3/c1-8(10(12)11(14)16-13)15-7-9-5-3-2-4-6-9/h2-6,8,10H,7,12-13H2,1H3/t8-,10+/m1/s1. The summed E-state index contributed by atoms with van der Waals surface area (Å²) < 4.78 is 5.43. The summed E-state index contributed by atoms with van der Waals surface area (Å²) in [6.07, 6.45) is -0.448. The average molecular weight is 224 g/mol. The number of nitrogens with two attached hydrogens (primary N) is 2. The first kappa shape index (κ1) is 12.6. The number of hydrogen-bond donors (Lipinski definition) is 2. The molecule has 0 amide bonds. The zero-order valence-corrected chi connectivity index (χ0v) is 9.13. The van der Waals surface area contributed by atoms with Crippen LogP contribution in [0, 0.1) is 0 Å². The Hall–Kier alpha value is -1.43. The number of carbonyl (C=O) groups is 1. The van der Waals surface area contributed by atoms with Crippen LogP contribution in [0.4, 0.5) is 0 Å². The van der Waals surface area contributed by atoms with Crippen molar-refractivity contribution in [2.45, 2.75) is 25.7 Å².